The van der Waals surface area contributed by atoms with Gasteiger partial charge in [-0.05, 0) is 47.3 Å². The Labute approximate surface area is 210 Å². The SMILES string of the molecule is Brc1ccc2c(c1)c1ccccc1n2-c1cc2c3c(c1)Oc1ccccc1B3c1ccccc1O2. The third kappa shape index (κ3) is 2.67. The van der Waals surface area contributed by atoms with Gasteiger partial charge in [-0.2, -0.15) is 0 Å². The smallest absolute Gasteiger partial charge is 0.260 e. The van der Waals surface area contributed by atoms with Gasteiger partial charge in [-0.1, -0.05) is 70.5 Å². The van der Waals surface area contributed by atoms with Gasteiger partial charge >= 0.3 is 0 Å². The maximum absolute atomic E-state index is 6.52. The van der Waals surface area contributed by atoms with Crippen LogP contribution in [0.1, 0.15) is 0 Å². The minimum atomic E-state index is 0.0815. The minimum absolute atomic E-state index is 0.0815. The van der Waals surface area contributed by atoms with E-state index in [1.165, 1.54) is 21.7 Å². The van der Waals surface area contributed by atoms with Gasteiger partial charge in [0.2, 0.25) is 0 Å². The van der Waals surface area contributed by atoms with E-state index in [0.29, 0.717) is 0 Å². The number of benzene rings is 5. The van der Waals surface area contributed by atoms with Crippen LogP contribution in [0, 0.1) is 0 Å². The molecule has 5 aromatic carbocycles. The number of fused-ring (bicyclic) bond motifs is 7. The van der Waals surface area contributed by atoms with Gasteiger partial charge in [0.05, 0.1) is 16.7 Å². The molecule has 6 aromatic rings. The van der Waals surface area contributed by atoms with E-state index in [0.717, 1.165) is 49.7 Å². The topological polar surface area (TPSA) is 23.4 Å². The number of hydrogen-bond donors (Lipinski definition) is 0. The number of nitrogens with zero attached hydrogens (tertiary/aromatic N) is 1. The molecule has 35 heavy (non-hydrogen) atoms. The zero-order valence-electron chi connectivity index (χ0n) is 18.5. The van der Waals surface area contributed by atoms with Gasteiger partial charge < -0.3 is 14.0 Å². The summed E-state index contributed by atoms with van der Waals surface area (Å²) in [4.78, 5) is 0. The van der Waals surface area contributed by atoms with Crippen molar-refractivity contribution in [3.05, 3.63) is 108 Å². The van der Waals surface area contributed by atoms with Crippen LogP contribution < -0.4 is 25.9 Å². The number of aromatic nitrogens is 1. The molecule has 2 aliphatic heterocycles. The first kappa shape index (κ1) is 19.4. The van der Waals surface area contributed by atoms with Gasteiger partial charge in [0.25, 0.3) is 6.71 Å². The summed E-state index contributed by atoms with van der Waals surface area (Å²) in [6.45, 7) is 0.0815. The van der Waals surface area contributed by atoms with Crippen LogP contribution in [0.4, 0.5) is 0 Å². The molecule has 0 unspecified atom stereocenters. The largest absolute Gasteiger partial charge is 0.458 e. The average molecular weight is 514 g/mol. The second kappa shape index (κ2) is 7.03. The fourth-order valence-corrected chi connectivity index (χ4v) is 6.09. The monoisotopic (exact) mass is 513 g/mol. The van der Waals surface area contributed by atoms with Crippen molar-refractivity contribution in [3.63, 3.8) is 0 Å². The summed E-state index contributed by atoms with van der Waals surface area (Å²) in [6.07, 6.45) is 0. The van der Waals surface area contributed by atoms with Crippen molar-refractivity contribution < 1.29 is 9.47 Å². The standard InChI is InChI=1S/C30H17BBrNO2/c32-18-13-14-25-21(15-18)20-7-1-4-10-24(20)33(25)19-16-28-30-29(17-19)35-27-12-6-3-9-23(27)31(30)22-8-2-5-11-26(22)34-28/h1-17H. The number of halogens is 1. The van der Waals surface area contributed by atoms with Crippen molar-refractivity contribution in [3.8, 4) is 28.7 Å². The van der Waals surface area contributed by atoms with Crippen molar-refractivity contribution in [1.82, 2.24) is 4.57 Å². The Balaban J connectivity index is 1.44. The first-order valence-corrected chi connectivity index (χ1v) is 12.5. The normalized spacial score (nSPS) is 13.1. The molecule has 5 heteroatoms. The molecule has 0 fully saturated rings. The van der Waals surface area contributed by atoms with Crippen LogP contribution in [-0.2, 0) is 0 Å². The van der Waals surface area contributed by atoms with E-state index in [1.807, 2.05) is 12.1 Å². The molecule has 3 heterocycles. The van der Waals surface area contributed by atoms with Crippen molar-refractivity contribution in [2.45, 2.75) is 0 Å². The number of hydrogen-bond acceptors (Lipinski definition) is 2. The Morgan fingerprint density at radius 1 is 0.571 bits per heavy atom. The zero-order valence-corrected chi connectivity index (χ0v) is 20.1. The lowest BCUT2D eigenvalue weighted by Crippen LogP contribution is -2.57. The fraction of sp³-hybridized carbons (Fsp3) is 0. The number of ether oxygens (including phenoxy) is 2. The molecule has 0 atom stereocenters. The number of para-hydroxylation sites is 3. The summed E-state index contributed by atoms with van der Waals surface area (Å²) in [5.74, 6) is 3.49. The van der Waals surface area contributed by atoms with Crippen LogP contribution in [0.3, 0.4) is 0 Å². The van der Waals surface area contributed by atoms with Gasteiger partial charge in [0, 0.05) is 32.8 Å². The molecule has 0 amide bonds. The van der Waals surface area contributed by atoms with Gasteiger partial charge in [0.15, 0.2) is 0 Å². The highest BCUT2D eigenvalue weighted by Crippen LogP contribution is 2.39. The highest BCUT2D eigenvalue weighted by Gasteiger charge is 2.40. The maximum atomic E-state index is 6.52. The molecule has 8 rings (SSSR count). The fourth-order valence-electron chi connectivity index (χ4n) is 5.73. The van der Waals surface area contributed by atoms with Crippen LogP contribution in [0.2, 0.25) is 0 Å². The maximum Gasteiger partial charge on any atom is 0.260 e. The van der Waals surface area contributed by atoms with E-state index in [9.17, 15) is 0 Å². The van der Waals surface area contributed by atoms with Crippen molar-refractivity contribution in [2.24, 2.45) is 0 Å². The molecule has 0 N–H and O–H groups in total. The summed E-state index contributed by atoms with van der Waals surface area (Å²) < 4.78 is 16.4. The van der Waals surface area contributed by atoms with E-state index in [2.05, 4.69) is 111 Å². The Kier molecular flexibility index (Phi) is 3.89. The van der Waals surface area contributed by atoms with Crippen molar-refractivity contribution in [1.29, 1.82) is 0 Å². The predicted octanol–water partition coefficient (Wildman–Crippen LogP) is 6.27. The van der Waals surface area contributed by atoms with Crippen molar-refractivity contribution >= 4 is 60.8 Å². The Morgan fingerprint density at radius 2 is 1.17 bits per heavy atom. The lowest BCUT2D eigenvalue weighted by Gasteiger charge is -2.33. The predicted molar refractivity (Wildman–Crippen MR) is 146 cm³/mol. The highest BCUT2D eigenvalue weighted by atomic mass is 79.9. The molecular weight excluding hydrogens is 497 g/mol. The summed E-state index contributed by atoms with van der Waals surface area (Å²) in [5, 5.41) is 2.42. The second-order valence-corrected chi connectivity index (χ2v) is 10.00. The quantitative estimate of drug-likeness (QED) is 0.241. The van der Waals surface area contributed by atoms with Crippen LogP contribution >= 0.6 is 15.9 Å². The Morgan fingerprint density at radius 3 is 1.89 bits per heavy atom. The lowest BCUT2D eigenvalue weighted by atomic mass is 9.35. The number of rotatable bonds is 1. The van der Waals surface area contributed by atoms with Gasteiger partial charge in [-0.3, -0.25) is 0 Å². The van der Waals surface area contributed by atoms with Gasteiger partial charge in [-0.25, -0.2) is 0 Å². The lowest BCUT2D eigenvalue weighted by molar-refractivity contribution is 0.464. The Bertz CT molecular complexity index is 1770. The summed E-state index contributed by atoms with van der Waals surface area (Å²) in [6, 6.07) is 35.9. The summed E-state index contributed by atoms with van der Waals surface area (Å²) in [5.41, 5.74) is 6.75. The molecule has 0 spiro atoms. The van der Waals surface area contributed by atoms with E-state index in [1.54, 1.807) is 0 Å². The van der Waals surface area contributed by atoms with E-state index < -0.39 is 0 Å². The summed E-state index contributed by atoms with van der Waals surface area (Å²) >= 11 is 3.65. The third-order valence-electron chi connectivity index (χ3n) is 7.17. The van der Waals surface area contributed by atoms with E-state index in [4.69, 9.17) is 9.47 Å². The molecule has 0 aliphatic carbocycles. The van der Waals surface area contributed by atoms with Crippen LogP contribution in [-0.4, -0.2) is 11.3 Å². The molecule has 3 nitrogen and oxygen atoms in total. The summed E-state index contributed by atoms with van der Waals surface area (Å²) in [7, 11) is 0. The minimum Gasteiger partial charge on any atom is -0.458 e. The first-order valence-electron chi connectivity index (χ1n) is 11.7. The van der Waals surface area contributed by atoms with Crippen LogP contribution in [0.15, 0.2) is 108 Å². The molecule has 0 bridgehead atoms. The molecule has 164 valence electrons. The van der Waals surface area contributed by atoms with Crippen molar-refractivity contribution in [2.75, 3.05) is 0 Å². The average Bonchev–Trinajstić information content (AvgIpc) is 3.22. The van der Waals surface area contributed by atoms with Crippen LogP contribution in [0.25, 0.3) is 27.5 Å². The van der Waals surface area contributed by atoms with Gasteiger partial charge in [0.1, 0.15) is 23.0 Å². The zero-order chi connectivity index (χ0) is 23.1. The van der Waals surface area contributed by atoms with E-state index >= 15 is 0 Å². The molecular formula is C30H17BBrNO2. The van der Waals surface area contributed by atoms with E-state index in [-0.39, 0.29) is 6.71 Å². The molecule has 2 aliphatic rings. The first-order chi connectivity index (χ1) is 17.3. The Hall–Kier alpha value is -3.96. The van der Waals surface area contributed by atoms with Gasteiger partial charge in [-0.15, -0.1) is 0 Å². The van der Waals surface area contributed by atoms with Crippen LogP contribution in [0.5, 0.6) is 23.0 Å². The molecule has 0 saturated carbocycles. The second-order valence-electron chi connectivity index (χ2n) is 9.08. The highest BCUT2D eigenvalue weighted by molar-refractivity contribution is 9.10. The third-order valence-corrected chi connectivity index (χ3v) is 7.66. The molecule has 0 radical (unpaired) electrons. The molecule has 1 aromatic heterocycles. The molecule has 0 saturated heterocycles.